The van der Waals surface area contributed by atoms with Crippen LogP contribution >= 0.6 is 22.9 Å². The Morgan fingerprint density at radius 1 is 1.15 bits per heavy atom. The summed E-state index contributed by atoms with van der Waals surface area (Å²) >= 11 is 7.12. The lowest BCUT2D eigenvalue weighted by atomic mass is 10.2. The predicted octanol–water partition coefficient (Wildman–Crippen LogP) is 2.89. The maximum absolute atomic E-state index is 13.0. The molecule has 0 N–H and O–H groups in total. The van der Waals surface area contributed by atoms with E-state index in [9.17, 15) is 15.3 Å². The molecule has 0 bridgehead atoms. The van der Waals surface area contributed by atoms with Crippen LogP contribution < -0.4 is 14.8 Å². The minimum absolute atomic E-state index is 0.0987. The van der Waals surface area contributed by atoms with E-state index in [4.69, 9.17) is 11.6 Å². The highest BCUT2D eigenvalue weighted by Gasteiger charge is 2.11. The fraction of sp³-hybridized carbons (Fsp3) is 0.0500. The van der Waals surface area contributed by atoms with Gasteiger partial charge in [0, 0.05) is 5.02 Å². The summed E-state index contributed by atoms with van der Waals surface area (Å²) in [5, 5.41) is 19.1. The van der Waals surface area contributed by atoms with Crippen LogP contribution in [0, 0.1) is 29.6 Å². The Morgan fingerprint density at radius 2 is 1.85 bits per heavy atom. The number of benzene rings is 2. The van der Waals surface area contributed by atoms with Crippen molar-refractivity contribution in [2.45, 2.75) is 6.92 Å². The van der Waals surface area contributed by atoms with Crippen molar-refractivity contribution in [1.82, 2.24) is 4.57 Å². The van der Waals surface area contributed by atoms with Gasteiger partial charge in [0.05, 0.1) is 10.2 Å². The maximum Gasteiger partial charge on any atom is 0.273 e. The van der Waals surface area contributed by atoms with Crippen LogP contribution in [0.15, 0.2) is 53.3 Å². The van der Waals surface area contributed by atoms with Gasteiger partial charge in [-0.15, -0.1) is 11.3 Å². The van der Waals surface area contributed by atoms with Crippen LogP contribution in [0.3, 0.4) is 0 Å². The van der Waals surface area contributed by atoms with Crippen LogP contribution in [0.4, 0.5) is 0 Å². The zero-order valence-electron chi connectivity index (χ0n) is 13.7. The van der Waals surface area contributed by atoms with Crippen LogP contribution in [-0.2, 0) is 0 Å². The number of aryl methyl sites for hydroxylation is 1. The molecule has 4 nitrogen and oxygen atoms in total. The molecule has 0 atom stereocenters. The van der Waals surface area contributed by atoms with Crippen molar-refractivity contribution in [3.8, 4) is 17.8 Å². The molecule has 0 saturated carbocycles. The number of halogens is 1. The van der Waals surface area contributed by atoms with Crippen LogP contribution in [-0.4, -0.2) is 4.57 Å². The van der Waals surface area contributed by atoms with Gasteiger partial charge in [0.1, 0.15) is 16.8 Å². The SMILES string of the molecule is Cc1ccc(-n2c(=C(C#N)C#N)s/c(=C/c3cccc(Cl)c3)c2=O)cc1. The molecule has 0 aliphatic rings. The van der Waals surface area contributed by atoms with Gasteiger partial charge in [-0.25, -0.2) is 0 Å². The van der Waals surface area contributed by atoms with E-state index in [1.165, 1.54) is 4.57 Å². The first-order valence-electron chi connectivity index (χ1n) is 7.64. The zero-order valence-corrected chi connectivity index (χ0v) is 15.3. The molecule has 0 spiro atoms. The van der Waals surface area contributed by atoms with Crippen molar-refractivity contribution < 1.29 is 0 Å². The summed E-state index contributed by atoms with van der Waals surface area (Å²) in [6.45, 7) is 1.95. The Kier molecular flexibility index (Phi) is 5.04. The van der Waals surface area contributed by atoms with Gasteiger partial charge in [0.15, 0.2) is 5.57 Å². The van der Waals surface area contributed by atoms with Gasteiger partial charge in [-0.05, 0) is 42.8 Å². The molecule has 26 heavy (non-hydrogen) atoms. The van der Waals surface area contributed by atoms with E-state index in [0.29, 0.717) is 19.9 Å². The van der Waals surface area contributed by atoms with E-state index >= 15 is 0 Å². The number of aromatic nitrogens is 1. The van der Waals surface area contributed by atoms with Crippen molar-refractivity contribution in [2.24, 2.45) is 0 Å². The Labute approximate surface area is 158 Å². The summed E-state index contributed by atoms with van der Waals surface area (Å²) in [4.78, 5) is 13.0. The molecule has 0 fully saturated rings. The second kappa shape index (κ2) is 7.41. The second-order valence-electron chi connectivity index (χ2n) is 5.55. The van der Waals surface area contributed by atoms with Crippen molar-refractivity contribution in [2.75, 3.05) is 0 Å². The molecule has 0 saturated heterocycles. The largest absolute Gasteiger partial charge is 0.273 e. The molecule has 2 aromatic carbocycles. The molecule has 3 aromatic rings. The summed E-state index contributed by atoms with van der Waals surface area (Å²) in [6, 6.07) is 18.2. The fourth-order valence-electron chi connectivity index (χ4n) is 2.45. The summed E-state index contributed by atoms with van der Waals surface area (Å²) in [5.74, 6) is 0. The molecule has 0 unspecified atom stereocenters. The third-order valence-electron chi connectivity index (χ3n) is 3.70. The molecule has 0 amide bonds. The molecule has 1 heterocycles. The van der Waals surface area contributed by atoms with E-state index in [2.05, 4.69) is 0 Å². The second-order valence-corrected chi connectivity index (χ2v) is 7.01. The molecule has 6 heteroatoms. The zero-order chi connectivity index (χ0) is 18.7. The first-order chi connectivity index (χ1) is 12.5. The Bertz CT molecular complexity index is 1220. The summed E-state index contributed by atoms with van der Waals surface area (Å²) in [5.41, 5.74) is 2.05. The van der Waals surface area contributed by atoms with Gasteiger partial charge < -0.3 is 0 Å². The lowest BCUT2D eigenvalue weighted by Gasteiger charge is -2.02. The van der Waals surface area contributed by atoms with Crippen LogP contribution in [0.1, 0.15) is 11.1 Å². The Balaban J connectivity index is 2.38. The lowest BCUT2D eigenvalue weighted by Crippen LogP contribution is -2.30. The minimum atomic E-state index is -0.281. The number of nitriles is 2. The Hall–Kier alpha value is -3.12. The van der Waals surface area contributed by atoms with Crippen LogP contribution in [0.5, 0.6) is 0 Å². The third-order valence-corrected chi connectivity index (χ3v) is 5.03. The highest BCUT2D eigenvalue weighted by atomic mass is 35.5. The van der Waals surface area contributed by atoms with E-state index < -0.39 is 0 Å². The minimum Gasteiger partial charge on any atom is -0.267 e. The van der Waals surface area contributed by atoms with E-state index in [1.807, 2.05) is 37.3 Å². The van der Waals surface area contributed by atoms with Gasteiger partial charge in [0.25, 0.3) is 5.56 Å². The molecular weight excluding hydrogens is 366 g/mol. The highest BCUT2D eigenvalue weighted by Crippen LogP contribution is 2.11. The normalized spacial score (nSPS) is 11.0. The van der Waals surface area contributed by atoms with Crippen molar-refractivity contribution in [3.05, 3.63) is 84.2 Å². The molecular formula is C20H12ClN3OS. The first-order valence-corrected chi connectivity index (χ1v) is 8.83. The van der Waals surface area contributed by atoms with Crippen molar-refractivity contribution >= 4 is 34.6 Å². The molecule has 0 aliphatic carbocycles. The maximum atomic E-state index is 13.0. The van der Waals surface area contributed by atoms with Gasteiger partial charge in [-0.2, -0.15) is 10.5 Å². The van der Waals surface area contributed by atoms with Gasteiger partial charge in [-0.3, -0.25) is 9.36 Å². The standard InChI is InChI=1S/C20H12ClN3OS/c1-13-5-7-17(8-6-13)24-19(25)18(26-20(24)15(11-22)12-23)10-14-3-2-4-16(21)9-14/h2-10H,1H3/b18-10+. The van der Waals surface area contributed by atoms with Gasteiger partial charge in [0.2, 0.25) is 0 Å². The van der Waals surface area contributed by atoms with Crippen LogP contribution in [0.25, 0.3) is 17.3 Å². The molecule has 0 aliphatic heterocycles. The van der Waals surface area contributed by atoms with Crippen LogP contribution in [0.2, 0.25) is 5.02 Å². The predicted molar refractivity (Wildman–Crippen MR) is 104 cm³/mol. The summed E-state index contributed by atoms with van der Waals surface area (Å²) < 4.78 is 2.14. The average Bonchev–Trinajstić information content (AvgIpc) is 2.93. The fourth-order valence-corrected chi connectivity index (χ4v) is 3.70. The molecule has 1 aromatic heterocycles. The number of hydrogen-bond acceptors (Lipinski definition) is 4. The van der Waals surface area contributed by atoms with E-state index in [1.54, 1.807) is 36.4 Å². The van der Waals surface area contributed by atoms with Crippen molar-refractivity contribution in [3.63, 3.8) is 0 Å². The molecule has 0 radical (unpaired) electrons. The number of hydrogen-bond donors (Lipinski definition) is 0. The van der Waals surface area contributed by atoms with E-state index in [-0.39, 0.29) is 11.1 Å². The molecule has 3 rings (SSSR count). The summed E-state index contributed by atoms with van der Waals surface area (Å²) in [6.07, 6.45) is 1.71. The lowest BCUT2D eigenvalue weighted by molar-refractivity contribution is 0.986. The average molecular weight is 378 g/mol. The quantitative estimate of drug-likeness (QED) is 0.689. The number of thiazole rings is 1. The Morgan fingerprint density at radius 3 is 2.46 bits per heavy atom. The number of nitrogens with zero attached hydrogens (tertiary/aromatic N) is 3. The smallest absolute Gasteiger partial charge is 0.267 e. The number of rotatable bonds is 2. The van der Waals surface area contributed by atoms with Crippen molar-refractivity contribution in [1.29, 1.82) is 10.5 Å². The monoisotopic (exact) mass is 377 g/mol. The topological polar surface area (TPSA) is 69.6 Å². The van der Waals surface area contributed by atoms with Gasteiger partial charge in [-0.1, -0.05) is 41.4 Å². The highest BCUT2D eigenvalue weighted by molar-refractivity contribution is 7.07. The first kappa shape index (κ1) is 17.7. The summed E-state index contributed by atoms with van der Waals surface area (Å²) in [7, 11) is 0. The third kappa shape index (κ3) is 3.45. The van der Waals surface area contributed by atoms with Gasteiger partial charge >= 0.3 is 0 Å². The molecule has 126 valence electrons. The van der Waals surface area contributed by atoms with E-state index in [0.717, 1.165) is 22.5 Å².